The van der Waals surface area contributed by atoms with Crippen molar-refractivity contribution >= 4 is 67.8 Å². The number of aromatic nitrogens is 4. The van der Waals surface area contributed by atoms with Crippen molar-refractivity contribution in [3.8, 4) is 41.8 Å². The van der Waals surface area contributed by atoms with E-state index in [9.17, 15) is 0 Å². The Kier molecular flexibility index (Phi) is 12.2. The molecule has 0 aliphatic heterocycles. The SMILES string of the molecule is CCCCC(CC)Nc1ccc(-c2ccc(-c3c4nsnc4c(-c4ccc(-c5ccc(NC(CC)CCCC)cc5F)s4)c4nc(C)c(C)nc34)s2)c(F)c1. The molecule has 2 unspecified atom stereocenters. The van der Waals surface area contributed by atoms with E-state index in [1.165, 1.54) is 22.7 Å². The van der Waals surface area contributed by atoms with Gasteiger partial charge in [0.1, 0.15) is 33.7 Å². The van der Waals surface area contributed by atoms with Gasteiger partial charge in [-0.2, -0.15) is 8.75 Å². The first kappa shape index (κ1) is 38.9. The molecule has 0 radical (unpaired) electrons. The summed E-state index contributed by atoms with van der Waals surface area (Å²) in [5.41, 5.74) is 8.91. The predicted molar refractivity (Wildman–Crippen MR) is 232 cm³/mol. The maximum atomic E-state index is 15.7. The van der Waals surface area contributed by atoms with Crippen molar-refractivity contribution in [2.75, 3.05) is 10.6 Å². The Bertz CT molecular complexity index is 2270. The highest BCUT2D eigenvalue weighted by atomic mass is 32.1. The van der Waals surface area contributed by atoms with Crippen molar-refractivity contribution in [3.63, 3.8) is 0 Å². The third-order valence-electron chi connectivity index (χ3n) is 10.5. The van der Waals surface area contributed by atoms with Crippen molar-refractivity contribution in [2.24, 2.45) is 0 Å². The number of fused-ring (bicyclic) bond motifs is 2. The topological polar surface area (TPSA) is 75.6 Å². The van der Waals surface area contributed by atoms with Crippen molar-refractivity contribution in [3.05, 3.63) is 83.7 Å². The zero-order valence-corrected chi connectivity index (χ0v) is 34.8. The maximum Gasteiger partial charge on any atom is 0.133 e. The lowest BCUT2D eigenvalue weighted by Gasteiger charge is -2.18. The molecule has 0 aliphatic carbocycles. The van der Waals surface area contributed by atoms with Gasteiger partial charge in [-0.25, -0.2) is 18.7 Å². The van der Waals surface area contributed by atoms with Crippen molar-refractivity contribution in [2.45, 2.75) is 105 Å². The Labute approximate surface area is 334 Å². The molecule has 0 saturated carbocycles. The zero-order chi connectivity index (χ0) is 38.6. The minimum absolute atomic E-state index is 0.261. The van der Waals surface area contributed by atoms with Gasteiger partial charge in [0.15, 0.2) is 0 Å². The molecular formula is C44H48F2N6S3. The highest BCUT2D eigenvalue weighted by Gasteiger charge is 2.25. The van der Waals surface area contributed by atoms with Gasteiger partial charge < -0.3 is 10.6 Å². The predicted octanol–water partition coefficient (Wildman–Crippen LogP) is 14.1. The van der Waals surface area contributed by atoms with Crippen LogP contribution in [-0.4, -0.2) is 30.8 Å². The number of unbranched alkanes of at least 4 members (excludes halogenated alkanes) is 2. The summed E-state index contributed by atoms with van der Waals surface area (Å²) in [5, 5.41) is 7.05. The monoisotopic (exact) mass is 794 g/mol. The summed E-state index contributed by atoms with van der Waals surface area (Å²) in [7, 11) is 0. The fraction of sp³-hybridized carbons (Fsp3) is 0.364. The van der Waals surface area contributed by atoms with E-state index in [4.69, 9.17) is 18.7 Å². The molecule has 286 valence electrons. The van der Waals surface area contributed by atoms with Crippen LogP contribution in [0.2, 0.25) is 0 Å². The van der Waals surface area contributed by atoms with Crippen molar-refractivity contribution < 1.29 is 8.78 Å². The lowest BCUT2D eigenvalue weighted by atomic mass is 10.0. The van der Waals surface area contributed by atoms with Crippen LogP contribution in [0.5, 0.6) is 0 Å². The third kappa shape index (κ3) is 8.16. The van der Waals surface area contributed by atoms with Crippen molar-refractivity contribution in [1.82, 2.24) is 18.7 Å². The molecule has 55 heavy (non-hydrogen) atoms. The molecule has 3 aromatic carbocycles. The summed E-state index contributed by atoms with van der Waals surface area (Å²) >= 11 is 4.17. The lowest BCUT2D eigenvalue weighted by molar-refractivity contribution is 0.591. The van der Waals surface area contributed by atoms with Crippen LogP contribution in [0.1, 0.15) is 90.4 Å². The molecule has 0 spiro atoms. The van der Waals surface area contributed by atoms with Gasteiger partial charge in [-0.05, 0) is 100 Å². The average molecular weight is 795 g/mol. The quantitative estimate of drug-likeness (QED) is 0.101. The van der Waals surface area contributed by atoms with Crippen LogP contribution in [0, 0.1) is 25.5 Å². The second-order valence-electron chi connectivity index (χ2n) is 14.3. The number of nitrogens with zero attached hydrogens (tertiary/aromatic N) is 4. The first-order valence-corrected chi connectivity index (χ1v) is 21.9. The number of anilines is 2. The fourth-order valence-corrected chi connectivity index (χ4v) is 9.85. The van der Waals surface area contributed by atoms with E-state index in [1.807, 2.05) is 62.4 Å². The van der Waals surface area contributed by atoms with E-state index in [1.54, 1.807) is 12.1 Å². The first-order chi connectivity index (χ1) is 26.7. The molecule has 0 saturated heterocycles. The van der Waals surface area contributed by atoms with E-state index in [2.05, 4.69) is 38.3 Å². The molecule has 7 aromatic rings. The van der Waals surface area contributed by atoms with Gasteiger partial charge in [-0.15, -0.1) is 22.7 Å². The smallest absolute Gasteiger partial charge is 0.133 e. The van der Waals surface area contributed by atoms with Crippen LogP contribution in [0.25, 0.3) is 63.8 Å². The van der Waals surface area contributed by atoms with E-state index in [0.29, 0.717) is 23.2 Å². The van der Waals surface area contributed by atoms with Gasteiger partial charge in [0.05, 0.1) is 23.1 Å². The molecule has 11 heteroatoms. The molecule has 2 N–H and O–H groups in total. The van der Waals surface area contributed by atoms with E-state index >= 15 is 8.78 Å². The Morgan fingerprint density at radius 2 is 0.982 bits per heavy atom. The van der Waals surface area contributed by atoms with Gasteiger partial charge >= 0.3 is 0 Å². The van der Waals surface area contributed by atoms with Crippen LogP contribution < -0.4 is 10.6 Å². The molecule has 0 aliphatic rings. The third-order valence-corrected chi connectivity index (χ3v) is 13.3. The van der Waals surface area contributed by atoms with Crippen LogP contribution in [0.15, 0.2) is 60.7 Å². The standard InChI is InChI=1S/C44H48F2N6S3/c1-7-11-13-27(9-3)49-29-15-17-31(33(45)23-29)35-19-21-37(53-35)39-41-42(48-26(6)25(5)47-41)40(44-43(39)51-55-52-44)38-22-20-36(54-38)32-18-16-30(24-34(32)46)50-28(10-4)14-12-8-2/h15-24,27-28,49-50H,7-14H2,1-6H3. The summed E-state index contributed by atoms with van der Waals surface area (Å²) in [5.74, 6) is -0.521. The number of hydrogen-bond donors (Lipinski definition) is 2. The molecule has 0 fully saturated rings. The molecule has 6 nitrogen and oxygen atoms in total. The lowest BCUT2D eigenvalue weighted by Crippen LogP contribution is -2.18. The van der Waals surface area contributed by atoms with Gasteiger partial charge in [0.2, 0.25) is 0 Å². The van der Waals surface area contributed by atoms with Gasteiger partial charge in [0.25, 0.3) is 0 Å². The minimum Gasteiger partial charge on any atom is -0.382 e. The largest absolute Gasteiger partial charge is 0.382 e. The Morgan fingerprint density at radius 1 is 0.564 bits per heavy atom. The molecule has 0 amide bonds. The number of thiophene rings is 2. The van der Waals surface area contributed by atoms with Crippen LogP contribution in [0.4, 0.5) is 20.2 Å². The van der Waals surface area contributed by atoms with Gasteiger partial charge in [-0.1, -0.05) is 53.4 Å². The normalized spacial score (nSPS) is 12.8. The fourth-order valence-electron chi connectivity index (χ4n) is 7.13. The van der Waals surface area contributed by atoms with Gasteiger partial charge in [0, 0.05) is 65.2 Å². The highest BCUT2D eigenvalue weighted by Crippen LogP contribution is 2.47. The van der Waals surface area contributed by atoms with Crippen molar-refractivity contribution in [1.29, 1.82) is 0 Å². The molecule has 2 atom stereocenters. The second kappa shape index (κ2) is 17.2. The number of hydrogen-bond acceptors (Lipinski definition) is 9. The summed E-state index contributed by atoms with van der Waals surface area (Å²) in [6.45, 7) is 12.6. The summed E-state index contributed by atoms with van der Waals surface area (Å²) in [4.78, 5) is 13.7. The number of aryl methyl sites for hydroxylation is 2. The van der Waals surface area contributed by atoms with Gasteiger partial charge in [-0.3, -0.25) is 0 Å². The van der Waals surface area contributed by atoms with E-state index in [0.717, 1.165) is 139 Å². The molecule has 4 heterocycles. The van der Waals surface area contributed by atoms with E-state index in [-0.39, 0.29) is 11.6 Å². The summed E-state index contributed by atoms with van der Waals surface area (Å²) in [6, 6.07) is 19.5. The number of benzene rings is 3. The van der Waals surface area contributed by atoms with Crippen LogP contribution in [-0.2, 0) is 0 Å². The Hall–Kier alpha value is -4.32. The highest BCUT2D eigenvalue weighted by molar-refractivity contribution is 7.19. The number of rotatable bonds is 16. The Morgan fingerprint density at radius 3 is 1.36 bits per heavy atom. The summed E-state index contributed by atoms with van der Waals surface area (Å²) in [6.07, 6.45) is 8.67. The minimum atomic E-state index is -0.261. The first-order valence-electron chi connectivity index (χ1n) is 19.5. The van der Waals surface area contributed by atoms with Crippen LogP contribution >= 0.6 is 34.4 Å². The Balaban J connectivity index is 1.25. The number of halogens is 2. The van der Waals surface area contributed by atoms with E-state index < -0.39 is 0 Å². The zero-order valence-electron chi connectivity index (χ0n) is 32.4. The second-order valence-corrected chi connectivity index (χ2v) is 17.0. The molecule has 0 bridgehead atoms. The number of nitrogens with one attached hydrogen (secondary N) is 2. The van der Waals surface area contributed by atoms with Crippen LogP contribution in [0.3, 0.4) is 0 Å². The molecular weight excluding hydrogens is 747 g/mol. The maximum absolute atomic E-state index is 15.7. The average Bonchev–Trinajstić information content (AvgIpc) is 3.97. The molecule has 7 rings (SSSR count). The molecule has 4 aromatic heterocycles. The summed E-state index contributed by atoms with van der Waals surface area (Å²) < 4.78 is 41.1.